The number of urea groups is 1. The summed E-state index contributed by atoms with van der Waals surface area (Å²) in [6.07, 6.45) is 0.0549. The summed E-state index contributed by atoms with van der Waals surface area (Å²) in [6.45, 7) is 10.6. The number of rotatable bonds is 5. The van der Waals surface area contributed by atoms with Crippen molar-refractivity contribution in [3.8, 4) is 0 Å². The molecule has 1 atom stereocenters. The third-order valence-corrected chi connectivity index (χ3v) is 4.27. The summed E-state index contributed by atoms with van der Waals surface area (Å²) in [5, 5.41) is 5.78. The maximum atomic E-state index is 12.0. The van der Waals surface area contributed by atoms with E-state index in [0.29, 0.717) is 12.5 Å². The molecule has 2 rings (SSSR count). The lowest BCUT2D eigenvalue weighted by Crippen LogP contribution is -2.48. The zero-order valence-electron chi connectivity index (χ0n) is 14.1. The number of benzene rings is 1. The normalized spacial score (nSPS) is 18.9. The third kappa shape index (κ3) is 6.12. The summed E-state index contributed by atoms with van der Waals surface area (Å²) >= 11 is 3.42. The lowest BCUT2D eigenvalue weighted by atomic mass is 10.2. The molecule has 0 aliphatic carbocycles. The Kier molecular flexibility index (Phi) is 6.87. The van der Waals surface area contributed by atoms with Gasteiger partial charge >= 0.3 is 6.03 Å². The summed E-state index contributed by atoms with van der Waals surface area (Å²) in [4.78, 5) is 14.4. The summed E-state index contributed by atoms with van der Waals surface area (Å²) in [6, 6.07) is 5.58. The van der Waals surface area contributed by atoms with E-state index in [0.717, 1.165) is 42.0 Å². The number of nitrogens with zero attached hydrogens (tertiary/aromatic N) is 1. The van der Waals surface area contributed by atoms with Gasteiger partial charge in [-0.2, -0.15) is 0 Å². The van der Waals surface area contributed by atoms with Crippen LogP contribution < -0.4 is 10.6 Å². The van der Waals surface area contributed by atoms with E-state index in [1.165, 1.54) is 0 Å². The van der Waals surface area contributed by atoms with Gasteiger partial charge in [0.05, 0.1) is 12.7 Å². The standard InChI is InChI=1S/C17H26BrN3O2/c1-12(2)10-21-6-7-23-15(11-21)9-19-17(22)20-16-5-4-14(18)8-13(16)3/h4-5,8,12,15H,6-7,9-11H2,1-3H3,(H2,19,20,22). The van der Waals surface area contributed by atoms with Gasteiger partial charge in [-0.25, -0.2) is 4.79 Å². The molecule has 0 aromatic heterocycles. The van der Waals surface area contributed by atoms with E-state index in [1.807, 2.05) is 25.1 Å². The van der Waals surface area contributed by atoms with Crippen molar-refractivity contribution in [2.24, 2.45) is 5.92 Å². The van der Waals surface area contributed by atoms with E-state index < -0.39 is 0 Å². The van der Waals surface area contributed by atoms with Gasteiger partial charge in [0.25, 0.3) is 0 Å². The van der Waals surface area contributed by atoms with Gasteiger partial charge in [-0.15, -0.1) is 0 Å². The SMILES string of the molecule is Cc1cc(Br)ccc1NC(=O)NCC1CN(CC(C)C)CCO1. The van der Waals surface area contributed by atoms with Gasteiger partial charge in [-0.05, 0) is 36.6 Å². The molecule has 5 nitrogen and oxygen atoms in total. The molecule has 0 radical (unpaired) electrons. The molecule has 1 aliphatic heterocycles. The number of anilines is 1. The highest BCUT2D eigenvalue weighted by molar-refractivity contribution is 9.10. The quantitative estimate of drug-likeness (QED) is 0.820. The van der Waals surface area contributed by atoms with Crippen LogP contribution in [0.15, 0.2) is 22.7 Å². The molecule has 6 heteroatoms. The molecular weight excluding hydrogens is 358 g/mol. The van der Waals surface area contributed by atoms with E-state index in [4.69, 9.17) is 4.74 Å². The first kappa shape index (κ1) is 18.2. The maximum absolute atomic E-state index is 12.0. The van der Waals surface area contributed by atoms with Crippen LogP contribution in [0.3, 0.4) is 0 Å². The smallest absolute Gasteiger partial charge is 0.319 e. The Morgan fingerprint density at radius 3 is 2.96 bits per heavy atom. The molecule has 0 bridgehead atoms. The Morgan fingerprint density at radius 1 is 1.48 bits per heavy atom. The molecule has 1 fully saturated rings. The number of amides is 2. The number of ether oxygens (including phenoxy) is 1. The lowest BCUT2D eigenvalue weighted by molar-refractivity contribution is -0.0288. The molecule has 128 valence electrons. The van der Waals surface area contributed by atoms with Crippen LogP contribution in [0.2, 0.25) is 0 Å². The van der Waals surface area contributed by atoms with Crippen molar-refractivity contribution in [3.05, 3.63) is 28.2 Å². The van der Waals surface area contributed by atoms with Crippen LogP contribution >= 0.6 is 15.9 Å². The van der Waals surface area contributed by atoms with Crippen LogP contribution in [0.5, 0.6) is 0 Å². The van der Waals surface area contributed by atoms with Crippen molar-refractivity contribution in [3.63, 3.8) is 0 Å². The second kappa shape index (κ2) is 8.66. The van der Waals surface area contributed by atoms with E-state index in [2.05, 4.69) is 45.3 Å². The molecule has 2 N–H and O–H groups in total. The Morgan fingerprint density at radius 2 is 2.26 bits per heavy atom. The monoisotopic (exact) mass is 383 g/mol. The van der Waals surface area contributed by atoms with Gasteiger partial charge in [0.15, 0.2) is 0 Å². The fourth-order valence-electron chi connectivity index (χ4n) is 2.73. The highest BCUT2D eigenvalue weighted by Gasteiger charge is 2.21. The number of nitrogens with one attached hydrogen (secondary N) is 2. The zero-order valence-corrected chi connectivity index (χ0v) is 15.6. The molecule has 1 unspecified atom stereocenters. The molecule has 1 aliphatic rings. The molecule has 0 spiro atoms. The first-order valence-corrected chi connectivity index (χ1v) is 8.88. The molecule has 1 aromatic rings. The van der Waals surface area contributed by atoms with Crippen molar-refractivity contribution in [1.29, 1.82) is 0 Å². The number of hydrogen-bond acceptors (Lipinski definition) is 3. The van der Waals surface area contributed by atoms with Crippen molar-refractivity contribution < 1.29 is 9.53 Å². The Labute approximate surface area is 146 Å². The first-order chi connectivity index (χ1) is 10.9. The van der Waals surface area contributed by atoms with Gasteiger partial charge in [0, 0.05) is 36.3 Å². The third-order valence-electron chi connectivity index (χ3n) is 3.77. The summed E-state index contributed by atoms with van der Waals surface area (Å²) in [7, 11) is 0. The van der Waals surface area contributed by atoms with Crippen molar-refractivity contribution in [2.75, 3.05) is 38.1 Å². The largest absolute Gasteiger partial charge is 0.374 e. The Bertz CT molecular complexity index is 537. The minimum Gasteiger partial charge on any atom is -0.374 e. The number of carbonyl (C=O) groups excluding carboxylic acids is 1. The van der Waals surface area contributed by atoms with Crippen LogP contribution in [0.4, 0.5) is 10.5 Å². The van der Waals surface area contributed by atoms with Gasteiger partial charge in [-0.1, -0.05) is 29.8 Å². The van der Waals surface area contributed by atoms with Crippen molar-refractivity contribution in [2.45, 2.75) is 26.9 Å². The second-order valence-electron chi connectivity index (χ2n) is 6.44. The van der Waals surface area contributed by atoms with Gasteiger partial charge in [0.1, 0.15) is 0 Å². The molecule has 1 saturated heterocycles. The number of hydrogen-bond donors (Lipinski definition) is 2. The van der Waals surface area contributed by atoms with Crippen LogP contribution in [-0.4, -0.2) is 49.8 Å². The molecule has 1 heterocycles. The Hall–Kier alpha value is -1.11. The fraction of sp³-hybridized carbons (Fsp3) is 0.588. The second-order valence-corrected chi connectivity index (χ2v) is 7.36. The average Bonchev–Trinajstić information content (AvgIpc) is 2.48. The van der Waals surface area contributed by atoms with E-state index in [-0.39, 0.29) is 12.1 Å². The summed E-state index contributed by atoms with van der Waals surface area (Å²) in [5.74, 6) is 0.644. The van der Waals surface area contributed by atoms with Crippen LogP contribution in [-0.2, 0) is 4.74 Å². The van der Waals surface area contributed by atoms with Crippen LogP contribution in [0.1, 0.15) is 19.4 Å². The lowest BCUT2D eigenvalue weighted by Gasteiger charge is -2.33. The van der Waals surface area contributed by atoms with Gasteiger partial charge < -0.3 is 15.4 Å². The van der Waals surface area contributed by atoms with E-state index >= 15 is 0 Å². The van der Waals surface area contributed by atoms with Crippen molar-refractivity contribution >= 4 is 27.6 Å². The summed E-state index contributed by atoms with van der Waals surface area (Å²) in [5.41, 5.74) is 1.84. The van der Waals surface area contributed by atoms with Crippen LogP contribution in [0.25, 0.3) is 0 Å². The minimum atomic E-state index is -0.194. The van der Waals surface area contributed by atoms with E-state index in [1.54, 1.807) is 0 Å². The first-order valence-electron chi connectivity index (χ1n) is 8.09. The number of carbonyl (C=O) groups is 1. The molecular formula is C17H26BrN3O2. The van der Waals surface area contributed by atoms with Gasteiger partial charge in [-0.3, -0.25) is 4.90 Å². The van der Waals surface area contributed by atoms with Crippen LogP contribution in [0, 0.1) is 12.8 Å². The number of halogens is 1. The minimum absolute atomic E-state index is 0.0549. The molecule has 1 aromatic carbocycles. The summed E-state index contributed by atoms with van der Waals surface area (Å²) < 4.78 is 6.74. The fourth-order valence-corrected chi connectivity index (χ4v) is 3.20. The predicted molar refractivity (Wildman–Crippen MR) is 96.9 cm³/mol. The van der Waals surface area contributed by atoms with Gasteiger partial charge in [0.2, 0.25) is 0 Å². The molecule has 2 amide bonds. The highest BCUT2D eigenvalue weighted by Crippen LogP contribution is 2.19. The number of aryl methyl sites for hydroxylation is 1. The van der Waals surface area contributed by atoms with E-state index in [9.17, 15) is 4.79 Å². The average molecular weight is 384 g/mol. The zero-order chi connectivity index (χ0) is 16.8. The maximum Gasteiger partial charge on any atom is 0.319 e. The predicted octanol–water partition coefficient (Wildman–Crippen LogP) is 3.24. The molecule has 0 saturated carbocycles. The molecule has 23 heavy (non-hydrogen) atoms. The number of morpholine rings is 1. The highest BCUT2D eigenvalue weighted by atomic mass is 79.9. The topological polar surface area (TPSA) is 53.6 Å². The van der Waals surface area contributed by atoms with Crippen molar-refractivity contribution in [1.82, 2.24) is 10.2 Å². The Balaban J connectivity index is 1.77.